The Hall–Kier alpha value is -3.43. The van der Waals surface area contributed by atoms with E-state index in [0.717, 1.165) is 0 Å². The number of esters is 1. The summed E-state index contributed by atoms with van der Waals surface area (Å²) in [6.45, 7) is 2.55. The number of fused-ring (bicyclic) bond motifs is 1. The fourth-order valence-electron chi connectivity index (χ4n) is 3.93. The summed E-state index contributed by atoms with van der Waals surface area (Å²) in [5.41, 5.74) is 0.409. The van der Waals surface area contributed by atoms with Crippen LogP contribution in [0.4, 0.5) is 4.79 Å². The largest absolute Gasteiger partial charge is 0.464 e. The molecule has 0 radical (unpaired) electrons. The van der Waals surface area contributed by atoms with Crippen LogP contribution in [0.25, 0.3) is 11.0 Å². The zero-order valence-electron chi connectivity index (χ0n) is 16.5. The molecular formula is C20H22N4O6. The van der Waals surface area contributed by atoms with Crippen LogP contribution in [0.3, 0.4) is 0 Å². The summed E-state index contributed by atoms with van der Waals surface area (Å²) in [4.78, 5) is 59.4. The third kappa shape index (κ3) is 3.60. The molecular weight excluding hydrogens is 392 g/mol. The number of aromatic nitrogens is 2. The SMILES string of the molecule is CCOC(=O)C1COC(=O)N1C1CCN(C(=O)c2nc3ccccc3[nH]c2=O)CC1. The van der Waals surface area contributed by atoms with E-state index in [-0.39, 0.29) is 24.9 Å². The molecule has 1 atom stereocenters. The van der Waals surface area contributed by atoms with Crippen LogP contribution in [-0.2, 0) is 14.3 Å². The van der Waals surface area contributed by atoms with Crippen molar-refractivity contribution in [2.24, 2.45) is 0 Å². The highest BCUT2D eigenvalue weighted by molar-refractivity contribution is 5.93. The van der Waals surface area contributed by atoms with Crippen LogP contribution in [0.5, 0.6) is 0 Å². The molecule has 10 nitrogen and oxygen atoms in total. The van der Waals surface area contributed by atoms with Crippen LogP contribution in [0.15, 0.2) is 29.1 Å². The number of rotatable bonds is 4. The van der Waals surface area contributed by atoms with E-state index in [1.165, 1.54) is 4.90 Å². The predicted octanol–water partition coefficient (Wildman–Crippen LogP) is 0.912. The number of cyclic esters (lactones) is 1. The first-order chi connectivity index (χ1) is 14.5. The minimum Gasteiger partial charge on any atom is -0.464 e. The highest BCUT2D eigenvalue weighted by Gasteiger charge is 2.44. The fourth-order valence-corrected chi connectivity index (χ4v) is 3.93. The summed E-state index contributed by atoms with van der Waals surface area (Å²) in [5.74, 6) is -0.944. The maximum absolute atomic E-state index is 12.9. The molecule has 2 aromatic rings. The number of para-hydroxylation sites is 2. The van der Waals surface area contributed by atoms with Crippen molar-refractivity contribution < 1.29 is 23.9 Å². The van der Waals surface area contributed by atoms with Crippen LogP contribution in [0.1, 0.15) is 30.3 Å². The molecule has 2 saturated heterocycles. The van der Waals surface area contributed by atoms with Gasteiger partial charge in [-0.25, -0.2) is 14.6 Å². The first-order valence-electron chi connectivity index (χ1n) is 9.89. The lowest BCUT2D eigenvalue weighted by Gasteiger charge is -2.36. The van der Waals surface area contributed by atoms with Gasteiger partial charge in [0.05, 0.1) is 17.6 Å². The Morgan fingerprint density at radius 2 is 1.97 bits per heavy atom. The van der Waals surface area contributed by atoms with Gasteiger partial charge >= 0.3 is 12.1 Å². The number of aromatic amines is 1. The molecule has 0 bridgehead atoms. The minimum atomic E-state index is -0.769. The maximum Gasteiger partial charge on any atom is 0.410 e. The molecule has 2 amide bonds. The van der Waals surface area contributed by atoms with Crippen molar-refractivity contribution >= 4 is 29.0 Å². The Morgan fingerprint density at radius 1 is 1.23 bits per heavy atom. The zero-order valence-corrected chi connectivity index (χ0v) is 16.5. The molecule has 1 aromatic carbocycles. The van der Waals surface area contributed by atoms with E-state index in [9.17, 15) is 19.2 Å². The van der Waals surface area contributed by atoms with Crippen LogP contribution < -0.4 is 5.56 Å². The van der Waals surface area contributed by atoms with Gasteiger partial charge in [-0.15, -0.1) is 0 Å². The van der Waals surface area contributed by atoms with Crippen LogP contribution in [0.2, 0.25) is 0 Å². The van der Waals surface area contributed by atoms with Crippen molar-refractivity contribution in [3.05, 3.63) is 40.3 Å². The van der Waals surface area contributed by atoms with Crippen molar-refractivity contribution in [2.45, 2.75) is 31.8 Å². The standard InChI is InChI=1S/C20H22N4O6/c1-2-29-19(27)15-11-30-20(28)24(15)12-7-9-23(10-8-12)18(26)16-17(25)22-14-6-4-3-5-13(14)21-16/h3-6,12,15H,2,7-11H2,1H3,(H,22,25). The first-order valence-corrected chi connectivity index (χ1v) is 9.89. The maximum atomic E-state index is 12.9. The number of benzene rings is 1. The normalized spacial score (nSPS) is 19.8. The van der Waals surface area contributed by atoms with Crippen LogP contribution >= 0.6 is 0 Å². The van der Waals surface area contributed by atoms with Gasteiger partial charge in [-0.1, -0.05) is 12.1 Å². The lowest BCUT2D eigenvalue weighted by Crippen LogP contribution is -2.52. The average Bonchev–Trinajstić information content (AvgIpc) is 3.14. The molecule has 4 rings (SSSR count). The molecule has 1 unspecified atom stereocenters. The van der Waals surface area contributed by atoms with Crippen molar-refractivity contribution in [1.29, 1.82) is 0 Å². The summed E-state index contributed by atoms with van der Waals surface area (Å²) in [6, 6.07) is 5.99. The minimum absolute atomic E-state index is 0.0345. The molecule has 2 aliphatic heterocycles. The number of H-pyrrole nitrogens is 1. The Kier molecular flexibility index (Phi) is 5.39. The Labute approximate surface area is 171 Å². The van der Waals surface area contributed by atoms with Crippen molar-refractivity contribution in [3.8, 4) is 0 Å². The van der Waals surface area contributed by atoms with Gasteiger partial charge in [0, 0.05) is 19.1 Å². The van der Waals surface area contributed by atoms with E-state index >= 15 is 0 Å². The molecule has 158 valence electrons. The lowest BCUT2D eigenvalue weighted by atomic mass is 10.0. The topological polar surface area (TPSA) is 122 Å². The molecule has 2 fully saturated rings. The number of hydrogen-bond donors (Lipinski definition) is 1. The number of piperidine rings is 1. The number of amides is 2. The van der Waals surface area contributed by atoms with Crippen molar-refractivity contribution in [3.63, 3.8) is 0 Å². The second-order valence-corrected chi connectivity index (χ2v) is 7.21. The van der Waals surface area contributed by atoms with E-state index in [1.807, 2.05) is 0 Å². The van der Waals surface area contributed by atoms with Gasteiger partial charge in [0.2, 0.25) is 0 Å². The van der Waals surface area contributed by atoms with E-state index in [2.05, 4.69) is 9.97 Å². The molecule has 0 aliphatic carbocycles. The predicted molar refractivity (Wildman–Crippen MR) is 105 cm³/mol. The monoisotopic (exact) mass is 414 g/mol. The van der Waals surface area contributed by atoms with Crippen molar-refractivity contribution in [1.82, 2.24) is 19.8 Å². The summed E-state index contributed by atoms with van der Waals surface area (Å²) < 4.78 is 10.1. The van der Waals surface area contributed by atoms with Crippen molar-refractivity contribution in [2.75, 3.05) is 26.3 Å². The average molecular weight is 414 g/mol. The molecule has 2 aliphatic rings. The molecule has 1 aromatic heterocycles. The molecule has 30 heavy (non-hydrogen) atoms. The second-order valence-electron chi connectivity index (χ2n) is 7.21. The third-order valence-electron chi connectivity index (χ3n) is 5.42. The smallest absolute Gasteiger partial charge is 0.410 e. The lowest BCUT2D eigenvalue weighted by molar-refractivity contribution is -0.148. The van der Waals surface area contributed by atoms with Gasteiger partial charge in [0.15, 0.2) is 11.7 Å². The summed E-state index contributed by atoms with van der Waals surface area (Å²) in [5, 5.41) is 0. The number of ether oxygens (including phenoxy) is 2. The van der Waals surface area contributed by atoms with E-state index in [1.54, 1.807) is 36.1 Å². The summed E-state index contributed by atoms with van der Waals surface area (Å²) in [6.07, 6.45) is 0.371. The van der Waals surface area contributed by atoms with Gasteiger partial charge in [0.25, 0.3) is 11.5 Å². The molecule has 3 heterocycles. The molecule has 1 N–H and O–H groups in total. The summed E-state index contributed by atoms with van der Waals surface area (Å²) >= 11 is 0. The third-order valence-corrected chi connectivity index (χ3v) is 5.42. The van der Waals surface area contributed by atoms with Gasteiger partial charge in [0.1, 0.15) is 6.61 Å². The number of carbonyl (C=O) groups is 3. The van der Waals surface area contributed by atoms with Gasteiger partial charge in [-0.3, -0.25) is 14.5 Å². The van der Waals surface area contributed by atoms with Gasteiger partial charge in [-0.2, -0.15) is 0 Å². The zero-order chi connectivity index (χ0) is 21.3. The Bertz CT molecular complexity index is 1040. The number of likely N-dealkylation sites (tertiary alicyclic amines) is 1. The molecule has 10 heteroatoms. The number of nitrogens with one attached hydrogen (secondary N) is 1. The van der Waals surface area contributed by atoms with E-state index in [4.69, 9.17) is 9.47 Å². The van der Waals surface area contributed by atoms with E-state index in [0.29, 0.717) is 37.0 Å². The summed E-state index contributed by atoms with van der Waals surface area (Å²) in [7, 11) is 0. The van der Waals surface area contributed by atoms with Crippen LogP contribution in [0, 0.1) is 0 Å². The van der Waals surface area contributed by atoms with Gasteiger partial charge in [-0.05, 0) is 31.9 Å². The quantitative estimate of drug-likeness (QED) is 0.738. The fraction of sp³-hybridized carbons (Fsp3) is 0.450. The second kappa shape index (κ2) is 8.13. The highest BCUT2D eigenvalue weighted by atomic mass is 16.6. The van der Waals surface area contributed by atoms with E-state index < -0.39 is 29.6 Å². The highest BCUT2D eigenvalue weighted by Crippen LogP contribution is 2.25. The Morgan fingerprint density at radius 3 is 2.70 bits per heavy atom. The molecule has 0 saturated carbocycles. The number of carbonyl (C=O) groups excluding carboxylic acids is 3. The first kappa shape index (κ1) is 19.9. The van der Waals surface area contributed by atoms with Gasteiger partial charge < -0.3 is 19.4 Å². The van der Waals surface area contributed by atoms with Crippen LogP contribution in [-0.4, -0.2) is 76.1 Å². The number of nitrogens with zero attached hydrogens (tertiary/aromatic N) is 3. The molecule has 0 spiro atoms. The Balaban J connectivity index is 1.46. The number of hydrogen-bond acceptors (Lipinski definition) is 7.